The second-order valence-electron chi connectivity index (χ2n) is 5.33. The molecule has 2 amide bonds. The molecule has 2 heterocycles. The minimum absolute atomic E-state index is 0.0114. The number of carbonyl (C=O) groups is 3. The highest BCUT2D eigenvalue weighted by Gasteiger charge is 2.40. The zero-order valence-corrected chi connectivity index (χ0v) is 11.4. The lowest BCUT2D eigenvalue weighted by atomic mass is 9.98. The summed E-state index contributed by atoms with van der Waals surface area (Å²) in [5, 5.41) is 0. The third kappa shape index (κ3) is 3.05. The topological polar surface area (TPSA) is 66.9 Å². The van der Waals surface area contributed by atoms with Crippen molar-refractivity contribution in [1.29, 1.82) is 0 Å². The zero-order chi connectivity index (χ0) is 14.0. The molecule has 1 atom stereocenters. The minimum Gasteiger partial charge on any atom is -0.462 e. The van der Waals surface area contributed by atoms with E-state index < -0.39 is 5.97 Å². The average molecular weight is 268 g/mol. The van der Waals surface area contributed by atoms with Crippen molar-refractivity contribution in [1.82, 2.24) is 9.80 Å². The second-order valence-corrected chi connectivity index (χ2v) is 5.33. The summed E-state index contributed by atoms with van der Waals surface area (Å²) >= 11 is 0. The Kier molecular flexibility index (Phi) is 4.07. The number of rotatable bonds is 3. The van der Waals surface area contributed by atoms with Crippen LogP contribution in [0.1, 0.15) is 33.1 Å². The maximum Gasteiger partial charge on any atom is 0.325 e. The van der Waals surface area contributed by atoms with Crippen LogP contribution in [0, 0.1) is 0 Å². The molecule has 0 radical (unpaired) electrons. The van der Waals surface area contributed by atoms with Gasteiger partial charge in [-0.15, -0.1) is 0 Å². The molecule has 2 aliphatic heterocycles. The average Bonchev–Trinajstić information content (AvgIpc) is 2.34. The van der Waals surface area contributed by atoms with Crippen LogP contribution >= 0.6 is 0 Å². The number of hydrogen-bond donors (Lipinski definition) is 0. The van der Waals surface area contributed by atoms with Crippen LogP contribution in [0.3, 0.4) is 0 Å². The van der Waals surface area contributed by atoms with Gasteiger partial charge in [-0.2, -0.15) is 0 Å². The molecule has 0 N–H and O–H groups in total. The van der Waals surface area contributed by atoms with Crippen molar-refractivity contribution in [3.63, 3.8) is 0 Å². The first-order valence-corrected chi connectivity index (χ1v) is 6.77. The number of piperazine rings is 1. The van der Waals surface area contributed by atoms with Crippen molar-refractivity contribution in [3.05, 3.63) is 0 Å². The largest absolute Gasteiger partial charge is 0.462 e. The third-order valence-corrected chi connectivity index (χ3v) is 3.43. The molecule has 0 bridgehead atoms. The predicted molar refractivity (Wildman–Crippen MR) is 67.2 cm³/mol. The highest BCUT2D eigenvalue weighted by molar-refractivity contribution is 5.96. The van der Waals surface area contributed by atoms with Gasteiger partial charge >= 0.3 is 5.97 Å². The maximum atomic E-state index is 12.3. The normalized spacial score (nSPS) is 23.6. The SMILES string of the molecule is CC(C)OC(=O)CN1CC(=O)N2CCCCC2C1=O. The summed E-state index contributed by atoms with van der Waals surface area (Å²) in [4.78, 5) is 38.8. The Balaban J connectivity index is 2.00. The van der Waals surface area contributed by atoms with Crippen LogP contribution in [-0.2, 0) is 19.1 Å². The Bertz CT molecular complexity index is 394. The highest BCUT2D eigenvalue weighted by atomic mass is 16.5. The van der Waals surface area contributed by atoms with Gasteiger partial charge in [0, 0.05) is 6.54 Å². The lowest BCUT2D eigenvalue weighted by Gasteiger charge is -2.42. The molecule has 0 spiro atoms. The van der Waals surface area contributed by atoms with E-state index in [2.05, 4.69) is 0 Å². The van der Waals surface area contributed by atoms with Crippen LogP contribution < -0.4 is 0 Å². The summed E-state index contributed by atoms with van der Waals surface area (Å²) in [6, 6.07) is -0.373. The van der Waals surface area contributed by atoms with Gasteiger partial charge in [0.2, 0.25) is 11.8 Å². The monoisotopic (exact) mass is 268 g/mol. The van der Waals surface area contributed by atoms with E-state index >= 15 is 0 Å². The number of carbonyl (C=O) groups excluding carboxylic acids is 3. The second kappa shape index (κ2) is 5.59. The molecule has 2 rings (SSSR count). The number of nitrogens with zero attached hydrogens (tertiary/aromatic N) is 2. The molecule has 6 nitrogen and oxygen atoms in total. The first-order chi connectivity index (χ1) is 8.99. The Morgan fingerprint density at radius 3 is 2.79 bits per heavy atom. The Hall–Kier alpha value is -1.59. The van der Waals surface area contributed by atoms with Gasteiger partial charge in [-0.3, -0.25) is 14.4 Å². The molecule has 0 aromatic carbocycles. The quantitative estimate of drug-likeness (QED) is 0.684. The van der Waals surface area contributed by atoms with Gasteiger partial charge in [0.15, 0.2) is 0 Å². The first-order valence-electron chi connectivity index (χ1n) is 6.77. The van der Waals surface area contributed by atoms with Gasteiger partial charge in [0.1, 0.15) is 19.1 Å². The molecule has 0 aromatic rings. The van der Waals surface area contributed by atoms with Crippen molar-refractivity contribution in [3.8, 4) is 0 Å². The lowest BCUT2D eigenvalue weighted by molar-refractivity contribution is -0.163. The lowest BCUT2D eigenvalue weighted by Crippen LogP contribution is -2.62. The van der Waals surface area contributed by atoms with Crippen LogP contribution in [0.25, 0.3) is 0 Å². The molecule has 106 valence electrons. The smallest absolute Gasteiger partial charge is 0.325 e. The van der Waals surface area contributed by atoms with E-state index in [1.807, 2.05) is 0 Å². The molecular formula is C13H20N2O4. The molecule has 2 saturated heterocycles. The van der Waals surface area contributed by atoms with Crippen molar-refractivity contribution in [2.75, 3.05) is 19.6 Å². The van der Waals surface area contributed by atoms with Crippen LogP contribution in [0.4, 0.5) is 0 Å². The first kappa shape index (κ1) is 13.8. The number of esters is 1. The van der Waals surface area contributed by atoms with E-state index in [9.17, 15) is 14.4 Å². The van der Waals surface area contributed by atoms with E-state index in [4.69, 9.17) is 4.74 Å². The molecule has 2 fully saturated rings. The van der Waals surface area contributed by atoms with E-state index in [0.29, 0.717) is 13.0 Å². The van der Waals surface area contributed by atoms with E-state index in [-0.39, 0.29) is 37.0 Å². The molecule has 6 heteroatoms. The third-order valence-electron chi connectivity index (χ3n) is 3.43. The summed E-state index contributed by atoms with van der Waals surface area (Å²) in [6.45, 7) is 4.02. The number of ether oxygens (including phenoxy) is 1. The summed E-state index contributed by atoms with van der Waals surface area (Å²) in [5.41, 5.74) is 0. The number of amides is 2. The highest BCUT2D eigenvalue weighted by Crippen LogP contribution is 2.22. The van der Waals surface area contributed by atoms with Crippen LogP contribution in [-0.4, -0.2) is 59.4 Å². The van der Waals surface area contributed by atoms with Crippen molar-refractivity contribution >= 4 is 17.8 Å². The number of piperidine rings is 1. The van der Waals surface area contributed by atoms with Gasteiger partial charge in [0.25, 0.3) is 0 Å². The fraction of sp³-hybridized carbons (Fsp3) is 0.769. The molecule has 0 aromatic heterocycles. The van der Waals surface area contributed by atoms with Gasteiger partial charge in [0.05, 0.1) is 6.10 Å². The number of hydrogen-bond acceptors (Lipinski definition) is 4. The summed E-state index contributed by atoms with van der Waals surface area (Å²) in [6.07, 6.45) is 2.38. The Morgan fingerprint density at radius 2 is 2.11 bits per heavy atom. The molecule has 2 aliphatic rings. The zero-order valence-electron chi connectivity index (χ0n) is 11.4. The van der Waals surface area contributed by atoms with Crippen molar-refractivity contribution < 1.29 is 19.1 Å². The Morgan fingerprint density at radius 1 is 1.37 bits per heavy atom. The number of fused-ring (bicyclic) bond motifs is 1. The predicted octanol–water partition coefficient (Wildman–Crippen LogP) is 0.161. The van der Waals surface area contributed by atoms with Gasteiger partial charge in [-0.1, -0.05) is 0 Å². The summed E-state index contributed by atoms with van der Waals surface area (Å²) in [5.74, 6) is -0.651. The maximum absolute atomic E-state index is 12.3. The minimum atomic E-state index is -0.458. The standard InChI is InChI=1S/C13H20N2O4/c1-9(2)19-12(17)8-14-7-11(16)15-6-4-3-5-10(15)13(14)18/h9-10H,3-8H2,1-2H3. The molecule has 19 heavy (non-hydrogen) atoms. The summed E-state index contributed by atoms with van der Waals surface area (Å²) < 4.78 is 5.01. The fourth-order valence-electron chi connectivity index (χ4n) is 2.62. The Labute approximate surface area is 112 Å². The van der Waals surface area contributed by atoms with Crippen LogP contribution in [0.2, 0.25) is 0 Å². The molecule has 0 saturated carbocycles. The van der Waals surface area contributed by atoms with Gasteiger partial charge < -0.3 is 14.5 Å². The molecular weight excluding hydrogens is 248 g/mol. The van der Waals surface area contributed by atoms with Crippen molar-refractivity contribution in [2.24, 2.45) is 0 Å². The molecule has 0 aliphatic carbocycles. The van der Waals surface area contributed by atoms with E-state index in [1.165, 1.54) is 4.90 Å². The van der Waals surface area contributed by atoms with E-state index in [0.717, 1.165) is 12.8 Å². The summed E-state index contributed by atoms with van der Waals surface area (Å²) in [7, 11) is 0. The molecule has 1 unspecified atom stereocenters. The van der Waals surface area contributed by atoms with Crippen LogP contribution in [0.15, 0.2) is 0 Å². The van der Waals surface area contributed by atoms with Crippen LogP contribution in [0.5, 0.6) is 0 Å². The van der Waals surface area contributed by atoms with Crippen molar-refractivity contribution in [2.45, 2.75) is 45.3 Å². The van der Waals surface area contributed by atoms with Gasteiger partial charge in [-0.25, -0.2) is 0 Å². The fourth-order valence-corrected chi connectivity index (χ4v) is 2.62. The van der Waals surface area contributed by atoms with E-state index in [1.54, 1.807) is 18.7 Å². The van der Waals surface area contributed by atoms with Gasteiger partial charge in [-0.05, 0) is 33.1 Å².